The van der Waals surface area contributed by atoms with Gasteiger partial charge >= 0.3 is 0 Å². The van der Waals surface area contributed by atoms with E-state index in [1.54, 1.807) is 0 Å². The highest BCUT2D eigenvalue weighted by atomic mass is 14.9. The Morgan fingerprint density at radius 3 is 2.15 bits per heavy atom. The van der Waals surface area contributed by atoms with Gasteiger partial charge in [-0.2, -0.15) is 0 Å². The van der Waals surface area contributed by atoms with Crippen molar-refractivity contribution in [1.82, 2.24) is 0 Å². The molecule has 1 aliphatic carbocycles. The van der Waals surface area contributed by atoms with Gasteiger partial charge in [-0.05, 0) is 30.0 Å². The number of benzene rings is 1. The number of rotatable bonds is 5. The van der Waals surface area contributed by atoms with Gasteiger partial charge in [0.05, 0.1) is 11.1 Å². The van der Waals surface area contributed by atoms with E-state index in [9.17, 15) is 0 Å². The van der Waals surface area contributed by atoms with Crippen molar-refractivity contribution < 1.29 is 9.13 Å². The standard InChI is InChI=1S/C25H26N2/c1-21-9-5-6-12-23(21)18-27-16-8-14-25(20-27)24-13-7-15-26(19-24)17-22-10-3-2-4-11-22/h2-8,10-16,19-21H,9,17-18H2,1H3/q+2. The average molecular weight is 354 g/mol. The Morgan fingerprint density at radius 2 is 1.48 bits per heavy atom. The zero-order valence-electron chi connectivity index (χ0n) is 15.8. The third kappa shape index (κ3) is 4.40. The van der Waals surface area contributed by atoms with Crippen LogP contribution in [0.1, 0.15) is 18.9 Å². The molecule has 0 amide bonds. The minimum absolute atomic E-state index is 0.621. The molecular weight excluding hydrogens is 328 g/mol. The predicted octanol–water partition coefficient (Wildman–Crippen LogP) is 4.50. The van der Waals surface area contributed by atoms with Crippen LogP contribution in [0.15, 0.2) is 103 Å². The lowest BCUT2D eigenvalue weighted by Crippen LogP contribution is -2.36. The Labute approximate surface area is 161 Å². The van der Waals surface area contributed by atoms with E-state index in [0.29, 0.717) is 5.92 Å². The van der Waals surface area contributed by atoms with E-state index in [4.69, 9.17) is 0 Å². The third-order valence-corrected chi connectivity index (χ3v) is 5.19. The van der Waals surface area contributed by atoms with E-state index in [2.05, 4.69) is 114 Å². The van der Waals surface area contributed by atoms with Crippen molar-refractivity contribution in [1.29, 1.82) is 0 Å². The molecule has 3 aromatic rings. The van der Waals surface area contributed by atoms with E-state index in [1.165, 1.54) is 22.3 Å². The molecule has 1 aliphatic rings. The Hall–Kier alpha value is -3.00. The smallest absolute Gasteiger partial charge is 0.177 e. The molecule has 0 radical (unpaired) electrons. The minimum atomic E-state index is 0.621. The van der Waals surface area contributed by atoms with Crippen LogP contribution in [0.4, 0.5) is 0 Å². The van der Waals surface area contributed by atoms with Crippen molar-refractivity contribution in [3.8, 4) is 11.1 Å². The lowest BCUT2D eigenvalue weighted by atomic mass is 9.93. The number of pyridine rings is 2. The van der Waals surface area contributed by atoms with Crippen LogP contribution in [0.2, 0.25) is 0 Å². The van der Waals surface area contributed by atoms with Crippen LogP contribution in [0.3, 0.4) is 0 Å². The molecule has 0 aliphatic heterocycles. The maximum atomic E-state index is 2.31. The summed E-state index contributed by atoms with van der Waals surface area (Å²) in [7, 11) is 0. The van der Waals surface area contributed by atoms with Crippen LogP contribution in [0.5, 0.6) is 0 Å². The van der Waals surface area contributed by atoms with Crippen molar-refractivity contribution in [3.05, 3.63) is 109 Å². The van der Waals surface area contributed by atoms with Crippen LogP contribution in [-0.4, -0.2) is 0 Å². The molecule has 134 valence electrons. The molecule has 2 heterocycles. The van der Waals surface area contributed by atoms with Crippen molar-refractivity contribution in [2.24, 2.45) is 5.92 Å². The summed E-state index contributed by atoms with van der Waals surface area (Å²) in [6, 6.07) is 19.2. The van der Waals surface area contributed by atoms with Crippen LogP contribution in [0, 0.1) is 5.92 Å². The van der Waals surface area contributed by atoms with Crippen LogP contribution in [-0.2, 0) is 13.1 Å². The molecule has 0 saturated heterocycles. The monoisotopic (exact) mass is 354 g/mol. The Morgan fingerprint density at radius 1 is 0.815 bits per heavy atom. The zero-order valence-corrected chi connectivity index (χ0v) is 15.8. The quantitative estimate of drug-likeness (QED) is 0.596. The average Bonchev–Trinajstić information content (AvgIpc) is 2.71. The summed E-state index contributed by atoms with van der Waals surface area (Å²) in [6.45, 7) is 4.15. The fourth-order valence-electron chi connectivity index (χ4n) is 3.59. The molecule has 2 heteroatoms. The van der Waals surface area contributed by atoms with Gasteiger partial charge in [-0.1, -0.05) is 55.5 Å². The Balaban J connectivity index is 1.56. The molecule has 0 saturated carbocycles. The molecule has 4 rings (SSSR count). The normalized spacial score (nSPS) is 16.2. The summed E-state index contributed by atoms with van der Waals surface area (Å²) in [5.41, 5.74) is 5.30. The second-order valence-corrected chi connectivity index (χ2v) is 7.32. The van der Waals surface area contributed by atoms with Gasteiger partial charge in [-0.3, -0.25) is 0 Å². The molecule has 27 heavy (non-hydrogen) atoms. The first-order valence-corrected chi connectivity index (χ1v) is 9.66. The van der Waals surface area contributed by atoms with Crippen LogP contribution >= 0.6 is 0 Å². The third-order valence-electron chi connectivity index (χ3n) is 5.19. The molecule has 0 fully saturated rings. The molecule has 0 spiro atoms. The van der Waals surface area contributed by atoms with Gasteiger partial charge in [-0.25, -0.2) is 9.13 Å². The van der Waals surface area contributed by atoms with Gasteiger partial charge < -0.3 is 0 Å². The van der Waals surface area contributed by atoms with Gasteiger partial charge in [0.25, 0.3) is 0 Å². The number of allylic oxidation sites excluding steroid dienone is 4. The second-order valence-electron chi connectivity index (χ2n) is 7.32. The van der Waals surface area contributed by atoms with E-state index in [1.807, 2.05) is 0 Å². The van der Waals surface area contributed by atoms with Crippen molar-refractivity contribution in [3.63, 3.8) is 0 Å². The van der Waals surface area contributed by atoms with Gasteiger partial charge in [0, 0.05) is 17.7 Å². The first-order chi connectivity index (χ1) is 13.3. The highest BCUT2D eigenvalue weighted by Gasteiger charge is 2.15. The number of hydrogen-bond donors (Lipinski definition) is 0. The van der Waals surface area contributed by atoms with Crippen LogP contribution in [0.25, 0.3) is 11.1 Å². The molecule has 0 N–H and O–H groups in total. The molecule has 2 aromatic heterocycles. The SMILES string of the molecule is CC1CC=CC=C1C[n+]1cccc(-c2ccc[n+](Cc3ccccc3)c2)c1. The molecule has 1 atom stereocenters. The fraction of sp³-hybridized carbons (Fsp3) is 0.200. The number of aromatic nitrogens is 2. The maximum Gasteiger partial charge on any atom is 0.177 e. The summed E-state index contributed by atoms with van der Waals surface area (Å²) in [5.74, 6) is 0.621. The Kier molecular flexibility index (Phi) is 5.24. The summed E-state index contributed by atoms with van der Waals surface area (Å²) >= 11 is 0. The maximum absolute atomic E-state index is 2.31. The number of nitrogens with zero attached hydrogens (tertiary/aromatic N) is 2. The lowest BCUT2D eigenvalue weighted by Gasteiger charge is -2.14. The molecular formula is C25H26N2+2. The summed E-state index contributed by atoms with van der Waals surface area (Å²) < 4.78 is 4.55. The van der Waals surface area contributed by atoms with Gasteiger partial charge in [0.1, 0.15) is 0 Å². The van der Waals surface area contributed by atoms with Gasteiger partial charge in [0.15, 0.2) is 37.9 Å². The van der Waals surface area contributed by atoms with Crippen LogP contribution < -0.4 is 9.13 Å². The Bertz CT molecular complexity index is 970. The van der Waals surface area contributed by atoms with Crippen molar-refractivity contribution in [2.45, 2.75) is 26.4 Å². The minimum Gasteiger partial charge on any atom is -0.200 e. The number of hydrogen-bond acceptors (Lipinski definition) is 0. The van der Waals surface area contributed by atoms with E-state index in [-0.39, 0.29) is 0 Å². The fourth-order valence-corrected chi connectivity index (χ4v) is 3.59. The van der Waals surface area contributed by atoms with E-state index in [0.717, 1.165) is 19.5 Å². The predicted molar refractivity (Wildman–Crippen MR) is 109 cm³/mol. The first-order valence-electron chi connectivity index (χ1n) is 9.66. The molecule has 2 nitrogen and oxygen atoms in total. The van der Waals surface area contributed by atoms with Crippen molar-refractivity contribution in [2.75, 3.05) is 0 Å². The summed E-state index contributed by atoms with van der Waals surface area (Å²) in [4.78, 5) is 0. The zero-order chi connectivity index (χ0) is 18.5. The van der Waals surface area contributed by atoms with Crippen molar-refractivity contribution >= 4 is 0 Å². The largest absolute Gasteiger partial charge is 0.200 e. The topological polar surface area (TPSA) is 7.76 Å². The highest BCUT2D eigenvalue weighted by molar-refractivity contribution is 5.59. The van der Waals surface area contributed by atoms with Gasteiger partial charge in [-0.15, -0.1) is 0 Å². The molecule has 1 unspecified atom stereocenters. The lowest BCUT2D eigenvalue weighted by molar-refractivity contribution is -0.690. The highest BCUT2D eigenvalue weighted by Crippen LogP contribution is 2.20. The summed E-state index contributed by atoms with van der Waals surface area (Å²) in [6.07, 6.45) is 16.6. The molecule has 0 bridgehead atoms. The summed E-state index contributed by atoms with van der Waals surface area (Å²) in [5, 5.41) is 0. The molecule has 1 aromatic carbocycles. The van der Waals surface area contributed by atoms with Gasteiger partial charge in [0.2, 0.25) is 0 Å². The van der Waals surface area contributed by atoms with E-state index >= 15 is 0 Å². The van der Waals surface area contributed by atoms with E-state index < -0.39 is 0 Å². The first kappa shape index (κ1) is 17.4. The second kappa shape index (κ2) is 8.13.